The second-order valence-corrected chi connectivity index (χ2v) is 3.52. The summed E-state index contributed by atoms with van der Waals surface area (Å²) in [6, 6.07) is 0. The zero-order valence-electron chi connectivity index (χ0n) is 7.44. The standard InChI is InChI=1S/C8H14N4O/c9-4-5-2-1-3-6(5)7-11-8(10)12-13-7/h5-6H,1-4,9H2,(H2,10,12). The Hall–Kier alpha value is -1.10. The van der Waals surface area contributed by atoms with E-state index < -0.39 is 0 Å². The summed E-state index contributed by atoms with van der Waals surface area (Å²) in [6.45, 7) is 0.687. The van der Waals surface area contributed by atoms with Crippen molar-refractivity contribution in [3.05, 3.63) is 5.89 Å². The van der Waals surface area contributed by atoms with E-state index in [-0.39, 0.29) is 5.95 Å². The largest absolute Gasteiger partial charge is 0.365 e. The molecule has 1 saturated carbocycles. The summed E-state index contributed by atoms with van der Waals surface area (Å²) in [5, 5.41) is 3.58. The molecule has 0 bridgehead atoms. The Morgan fingerprint density at radius 2 is 2.31 bits per heavy atom. The van der Waals surface area contributed by atoms with Gasteiger partial charge in [0.2, 0.25) is 5.89 Å². The Labute approximate surface area is 76.5 Å². The molecule has 0 aromatic carbocycles. The van der Waals surface area contributed by atoms with E-state index in [0.29, 0.717) is 24.3 Å². The highest BCUT2D eigenvalue weighted by atomic mass is 16.5. The summed E-state index contributed by atoms with van der Waals surface area (Å²) in [4.78, 5) is 4.04. The lowest BCUT2D eigenvalue weighted by molar-refractivity contribution is 0.326. The zero-order valence-corrected chi connectivity index (χ0v) is 7.44. The number of hydrogen-bond acceptors (Lipinski definition) is 5. The first-order valence-electron chi connectivity index (χ1n) is 4.60. The van der Waals surface area contributed by atoms with Crippen molar-refractivity contribution in [2.75, 3.05) is 12.3 Å². The van der Waals surface area contributed by atoms with E-state index in [4.69, 9.17) is 16.0 Å². The van der Waals surface area contributed by atoms with Crippen LogP contribution in [0, 0.1) is 5.92 Å². The van der Waals surface area contributed by atoms with Crippen molar-refractivity contribution in [3.8, 4) is 0 Å². The molecule has 0 spiro atoms. The van der Waals surface area contributed by atoms with Crippen LogP contribution in [-0.2, 0) is 0 Å². The first-order chi connectivity index (χ1) is 6.31. The third kappa shape index (κ3) is 1.51. The van der Waals surface area contributed by atoms with E-state index >= 15 is 0 Å². The average molecular weight is 182 g/mol. The van der Waals surface area contributed by atoms with Crippen molar-refractivity contribution in [2.24, 2.45) is 11.7 Å². The molecule has 2 rings (SSSR count). The van der Waals surface area contributed by atoms with Gasteiger partial charge in [-0.15, -0.1) is 0 Å². The van der Waals surface area contributed by atoms with Crippen molar-refractivity contribution < 1.29 is 4.52 Å². The van der Waals surface area contributed by atoms with E-state index in [2.05, 4.69) is 10.1 Å². The predicted octanol–water partition coefficient (Wildman–Crippen LogP) is 0.494. The highest BCUT2D eigenvalue weighted by Gasteiger charge is 2.31. The lowest BCUT2D eigenvalue weighted by Gasteiger charge is -2.12. The van der Waals surface area contributed by atoms with E-state index in [1.807, 2.05) is 0 Å². The minimum Gasteiger partial charge on any atom is -0.365 e. The SMILES string of the molecule is NCC1CCCC1c1nc(N)no1. The summed E-state index contributed by atoms with van der Waals surface area (Å²) in [6.07, 6.45) is 3.43. The Morgan fingerprint density at radius 3 is 2.92 bits per heavy atom. The fourth-order valence-corrected chi connectivity index (χ4v) is 2.04. The van der Waals surface area contributed by atoms with Crippen LogP contribution in [0.5, 0.6) is 0 Å². The summed E-state index contributed by atoms with van der Waals surface area (Å²) in [5.41, 5.74) is 11.0. The molecular weight excluding hydrogens is 168 g/mol. The molecule has 5 nitrogen and oxygen atoms in total. The molecule has 4 N–H and O–H groups in total. The number of hydrogen-bond donors (Lipinski definition) is 2. The molecule has 2 unspecified atom stereocenters. The molecular formula is C8H14N4O. The van der Waals surface area contributed by atoms with Crippen molar-refractivity contribution in [3.63, 3.8) is 0 Å². The van der Waals surface area contributed by atoms with Gasteiger partial charge in [0.1, 0.15) is 0 Å². The molecule has 0 aliphatic heterocycles. The normalized spacial score (nSPS) is 28.1. The smallest absolute Gasteiger partial charge is 0.260 e. The van der Waals surface area contributed by atoms with Crippen LogP contribution in [0.1, 0.15) is 31.1 Å². The minimum atomic E-state index is 0.220. The monoisotopic (exact) mass is 182 g/mol. The number of nitrogens with zero attached hydrogens (tertiary/aromatic N) is 2. The third-order valence-electron chi connectivity index (χ3n) is 2.74. The van der Waals surface area contributed by atoms with Gasteiger partial charge in [0.05, 0.1) is 0 Å². The van der Waals surface area contributed by atoms with Gasteiger partial charge in [0.25, 0.3) is 5.95 Å². The summed E-state index contributed by atoms with van der Waals surface area (Å²) in [7, 11) is 0. The molecule has 0 saturated heterocycles. The van der Waals surface area contributed by atoms with Gasteiger partial charge >= 0.3 is 0 Å². The van der Waals surface area contributed by atoms with Crippen LogP contribution in [0.15, 0.2) is 4.52 Å². The maximum absolute atomic E-state index is 5.65. The van der Waals surface area contributed by atoms with E-state index in [9.17, 15) is 0 Å². The highest BCUT2D eigenvalue weighted by Crippen LogP contribution is 2.38. The molecule has 5 heteroatoms. The number of aromatic nitrogens is 2. The van der Waals surface area contributed by atoms with Gasteiger partial charge in [-0.05, 0) is 30.5 Å². The molecule has 1 aromatic rings. The minimum absolute atomic E-state index is 0.220. The zero-order chi connectivity index (χ0) is 9.26. The van der Waals surface area contributed by atoms with Crippen LogP contribution >= 0.6 is 0 Å². The molecule has 0 amide bonds. The van der Waals surface area contributed by atoms with Crippen LogP contribution in [0.4, 0.5) is 5.95 Å². The number of nitrogens with two attached hydrogens (primary N) is 2. The van der Waals surface area contributed by atoms with Crippen molar-refractivity contribution in [1.29, 1.82) is 0 Å². The average Bonchev–Trinajstić information content (AvgIpc) is 2.71. The topological polar surface area (TPSA) is 91.0 Å². The molecule has 13 heavy (non-hydrogen) atoms. The fraction of sp³-hybridized carbons (Fsp3) is 0.750. The molecule has 2 atom stereocenters. The van der Waals surface area contributed by atoms with Crippen LogP contribution in [0.3, 0.4) is 0 Å². The van der Waals surface area contributed by atoms with Crippen LogP contribution < -0.4 is 11.5 Å². The van der Waals surface area contributed by atoms with E-state index in [1.165, 1.54) is 6.42 Å². The molecule has 1 aliphatic carbocycles. The number of nitrogen functional groups attached to an aromatic ring is 1. The Balaban J connectivity index is 2.15. The summed E-state index contributed by atoms with van der Waals surface area (Å²) < 4.78 is 5.04. The van der Waals surface area contributed by atoms with Gasteiger partial charge in [-0.1, -0.05) is 6.42 Å². The Bertz CT molecular complexity index is 285. The predicted molar refractivity (Wildman–Crippen MR) is 47.8 cm³/mol. The van der Waals surface area contributed by atoms with E-state index in [1.54, 1.807) is 0 Å². The quantitative estimate of drug-likeness (QED) is 0.694. The molecule has 1 fully saturated rings. The lowest BCUT2D eigenvalue weighted by Crippen LogP contribution is -2.17. The van der Waals surface area contributed by atoms with Crippen molar-refractivity contribution in [1.82, 2.24) is 10.1 Å². The first-order valence-corrected chi connectivity index (χ1v) is 4.60. The first kappa shape index (κ1) is 8.50. The second-order valence-electron chi connectivity index (χ2n) is 3.52. The maximum Gasteiger partial charge on any atom is 0.260 e. The van der Waals surface area contributed by atoms with Gasteiger partial charge < -0.3 is 16.0 Å². The second kappa shape index (κ2) is 3.33. The van der Waals surface area contributed by atoms with Crippen molar-refractivity contribution >= 4 is 5.95 Å². The van der Waals surface area contributed by atoms with Gasteiger partial charge in [-0.2, -0.15) is 4.98 Å². The van der Waals surface area contributed by atoms with Crippen LogP contribution in [-0.4, -0.2) is 16.7 Å². The highest BCUT2D eigenvalue weighted by molar-refractivity contribution is 5.13. The number of rotatable bonds is 2. The van der Waals surface area contributed by atoms with Crippen LogP contribution in [0.25, 0.3) is 0 Å². The lowest BCUT2D eigenvalue weighted by atomic mass is 9.96. The van der Waals surface area contributed by atoms with Gasteiger partial charge in [0.15, 0.2) is 0 Å². The Kier molecular flexibility index (Phi) is 2.18. The number of anilines is 1. The summed E-state index contributed by atoms with van der Waals surface area (Å²) in [5.74, 6) is 1.69. The molecule has 1 heterocycles. The fourth-order valence-electron chi connectivity index (χ4n) is 2.04. The molecule has 1 aromatic heterocycles. The third-order valence-corrected chi connectivity index (χ3v) is 2.74. The van der Waals surface area contributed by atoms with Gasteiger partial charge in [-0.25, -0.2) is 0 Å². The van der Waals surface area contributed by atoms with E-state index in [0.717, 1.165) is 12.8 Å². The van der Waals surface area contributed by atoms with Gasteiger partial charge in [0, 0.05) is 5.92 Å². The van der Waals surface area contributed by atoms with Crippen molar-refractivity contribution in [2.45, 2.75) is 25.2 Å². The molecule has 0 radical (unpaired) electrons. The Morgan fingerprint density at radius 1 is 1.46 bits per heavy atom. The molecule has 72 valence electrons. The van der Waals surface area contributed by atoms with Crippen LogP contribution in [0.2, 0.25) is 0 Å². The van der Waals surface area contributed by atoms with Gasteiger partial charge in [-0.3, -0.25) is 0 Å². The summed E-state index contributed by atoms with van der Waals surface area (Å²) >= 11 is 0. The maximum atomic E-state index is 5.65. The molecule has 1 aliphatic rings.